The minimum Gasteiger partial charge on any atom is -0.481 e. The number of nitrogens with zero attached hydrogens (tertiary/aromatic N) is 1. The number of carboxylic acid groups (broad SMARTS) is 1. The molecule has 0 spiro atoms. The van der Waals surface area contributed by atoms with E-state index in [1.54, 1.807) is 6.26 Å². The van der Waals surface area contributed by atoms with Gasteiger partial charge in [-0.1, -0.05) is 42.5 Å². The van der Waals surface area contributed by atoms with Gasteiger partial charge in [-0.2, -0.15) is 0 Å². The molecule has 0 radical (unpaired) electrons. The van der Waals surface area contributed by atoms with Gasteiger partial charge in [-0.3, -0.25) is 9.36 Å². The van der Waals surface area contributed by atoms with Crippen LogP contribution in [0.4, 0.5) is 0 Å². The summed E-state index contributed by atoms with van der Waals surface area (Å²) >= 11 is 0. The van der Waals surface area contributed by atoms with Gasteiger partial charge in [0.2, 0.25) is 5.88 Å². The third kappa shape index (κ3) is 4.20. The zero-order chi connectivity index (χ0) is 20.1. The fraction of sp³-hybridized carbons (Fsp3) is 0.130. The first-order valence-corrected chi connectivity index (χ1v) is 8.93. The monoisotopic (exact) mass is 374 g/mol. The van der Waals surface area contributed by atoms with Gasteiger partial charge < -0.3 is 14.9 Å². The molecule has 2 N–H and O–H groups in total. The van der Waals surface area contributed by atoms with Crippen molar-refractivity contribution < 1.29 is 14.3 Å². The molecule has 28 heavy (non-hydrogen) atoms. The Labute approximate surface area is 163 Å². The summed E-state index contributed by atoms with van der Waals surface area (Å²) in [7, 11) is 0. The zero-order valence-electron chi connectivity index (χ0n) is 15.8. The third-order valence-electron chi connectivity index (χ3n) is 4.41. The van der Waals surface area contributed by atoms with Gasteiger partial charge in [0.15, 0.2) is 0 Å². The fourth-order valence-electron chi connectivity index (χ4n) is 3.10. The van der Waals surface area contributed by atoms with Crippen LogP contribution in [0, 0.1) is 12.3 Å². The van der Waals surface area contributed by atoms with Crippen LogP contribution in [0.5, 0.6) is 0 Å². The number of aliphatic carboxylic acids is 1. The fourth-order valence-corrected chi connectivity index (χ4v) is 3.10. The molecular weight excluding hydrogens is 352 g/mol. The van der Waals surface area contributed by atoms with Crippen molar-refractivity contribution in [1.82, 2.24) is 4.57 Å². The quantitative estimate of drug-likeness (QED) is 0.480. The average molecular weight is 374 g/mol. The first-order valence-electron chi connectivity index (χ1n) is 8.93. The van der Waals surface area contributed by atoms with Crippen LogP contribution in [0.15, 0.2) is 77.5 Å². The molecule has 2 heterocycles. The predicted molar refractivity (Wildman–Crippen MR) is 111 cm³/mol. The van der Waals surface area contributed by atoms with E-state index in [0.717, 1.165) is 29.3 Å². The number of aromatic nitrogens is 1. The van der Waals surface area contributed by atoms with Crippen LogP contribution in [0.1, 0.15) is 23.6 Å². The van der Waals surface area contributed by atoms with E-state index in [0.29, 0.717) is 12.1 Å². The number of aryl methyl sites for hydroxylation is 1. The summed E-state index contributed by atoms with van der Waals surface area (Å²) < 4.78 is 7.56. The molecule has 2 aromatic heterocycles. The molecule has 5 heteroatoms. The van der Waals surface area contributed by atoms with Crippen LogP contribution < -0.4 is 0 Å². The van der Waals surface area contributed by atoms with Crippen molar-refractivity contribution in [2.75, 3.05) is 0 Å². The number of carboxylic acids is 1. The number of hydrogen-bond acceptors (Lipinski definition) is 3. The Bertz CT molecular complexity index is 1100. The van der Waals surface area contributed by atoms with Gasteiger partial charge in [-0.25, -0.2) is 0 Å². The summed E-state index contributed by atoms with van der Waals surface area (Å²) in [6.45, 7) is 3.18. The Morgan fingerprint density at radius 1 is 1.07 bits per heavy atom. The van der Waals surface area contributed by atoms with Crippen LogP contribution in [-0.4, -0.2) is 21.4 Å². The molecule has 0 saturated carbocycles. The van der Waals surface area contributed by atoms with E-state index in [9.17, 15) is 0 Å². The van der Waals surface area contributed by atoms with E-state index in [4.69, 9.17) is 19.7 Å². The number of fused-ring (bicyclic) bond motifs is 1. The van der Waals surface area contributed by atoms with Gasteiger partial charge >= 0.3 is 0 Å². The molecule has 0 fully saturated rings. The smallest absolute Gasteiger partial charge is 0.300 e. The number of benzene rings is 2. The first-order chi connectivity index (χ1) is 13.5. The number of nitrogens with one attached hydrogen (secondary N) is 1. The largest absolute Gasteiger partial charge is 0.481 e. The topological polar surface area (TPSA) is 79.2 Å². The van der Waals surface area contributed by atoms with Crippen molar-refractivity contribution in [2.24, 2.45) is 0 Å². The van der Waals surface area contributed by atoms with Crippen LogP contribution in [-0.2, 0) is 11.2 Å². The van der Waals surface area contributed by atoms with Gasteiger partial charge in [0.05, 0.1) is 11.8 Å². The molecule has 0 unspecified atom stereocenters. The highest BCUT2D eigenvalue weighted by atomic mass is 16.4. The van der Waals surface area contributed by atoms with Gasteiger partial charge in [0.25, 0.3) is 5.97 Å². The molecule has 2 aromatic carbocycles. The van der Waals surface area contributed by atoms with E-state index in [1.807, 2.05) is 47.2 Å². The molecule has 142 valence electrons. The molecule has 0 aliphatic rings. The second kappa shape index (κ2) is 8.39. The Morgan fingerprint density at radius 3 is 2.43 bits per heavy atom. The second-order valence-corrected chi connectivity index (χ2v) is 6.48. The summed E-state index contributed by atoms with van der Waals surface area (Å²) in [6, 6.07) is 20.2. The highest BCUT2D eigenvalue weighted by Gasteiger charge is 2.15. The molecule has 4 rings (SSSR count). The summed E-state index contributed by atoms with van der Waals surface area (Å²) in [4.78, 5) is 9.00. The van der Waals surface area contributed by atoms with Crippen molar-refractivity contribution in [2.45, 2.75) is 20.3 Å². The standard InChI is InChI=1S/C21H18N2O.C2H4O2/c1-15-7-2-3-8-16(15)13-19(22)18-14-23(21-11-6-12-24-21)20-10-5-4-9-17(18)20;1-2(3)4/h2-12,14,22H,13H2,1H3;1H3,(H,3,4). The van der Waals surface area contributed by atoms with E-state index < -0.39 is 5.97 Å². The van der Waals surface area contributed by atoms with Crippen molar-refractivity contribution >= 4 is 22.6 Å². The summed E-state index contributed by atoms with van der Waals surface area (Å²) in [6.07, 6.45) is 4.30. The Morgan fingerprint density at radius 2 is 1.75 bits per heavy atom. The minimum absolute atomic E-state index is 0.616. The summed E-state index contributed by atoms with van der Waals surface area (Å²) in [5, 5.41) is 17.1. The molecule has 0 aliphatic carbocycles. The number of furan rings is 1. The zero-order valence-corrected chi connectivity index (χ0v) is 15.8. The lowest BCUT2D eigenvalue weighted by molar-refractivity contribution is -0.134. The van der Waals surface area contributed by atoms with Crippen molar-refractivity contribution in [1.29, 1.82) is 5.41 Å². The van der Waals surface area contributed by atoms with Gasteiger partial charge in [-0.05, 0) is 30.2 Å². The van der Waals surface area contributed by atoms with Crippen molar-refractivity contribution in [3.8, 4) is 5.88 Å². The lowest BCUT2D eigenvalue weighted by Crippen LogP contribution is -2.04. The molecule has 4 aromatic rings. The first kappa shape index (κ1) is 19.2. The molecule has 5 nitrogen and oxygen atoms in total. The molecule has 0 bridgehead atoms. The maximum absolute atomic E-state index is 9.00. The summed E-state index contributed by atoms with van der Waals surface area (Å²) in [5.41, 5.74) is 5.03. The molecule has 0 atom stereocenters. The van der Waals surface area contributed by atoms with Gasteiger partial charge in [0.1, 0.15) is 0 Å². The van der Waals surface area contributed by atoms with E-state index in [1.165, 1.54) is 11.1 Å². The second-order valence-electron chi connectivity index (χ2n) is 6.48. The highest BCUT2D eigenvalue weighted by molar-refractivity contribution is 6.10. The van der Waals surface area contributed by atoms with Crippen LogP contribution in [0.2, 0.25) is 0 Å². The Kier molecular flexibility index (Phi) is 5.75. The van der Waals surface area contributed by atoms with E-state index in [-0.39, 0.29) is 0 Å². The molecule has 0 saturated heterocycles. The number of hydrogen-bond donors (Lipinski definition) is 2. The third-order valence-corrected chi connectivity index (χ3v) is 4.41. The highest BCUT2D eigenvalue weighted by Crippen LogP contribution is 2.26. The Balaban J connectivity index is 0.000000516. The lowest BCUT2D eigenvalue weighted by atomic mass is 9.99. The number of rotatable bonds is 4. The van der Waals surface area contributed by atoms with E-state index >= 15 is 0 Å². The average Bonchev–Trinajstić information content (AvgIpc) is 3.30. The van der Waals surface area contributed by atoms with Crippen LogP contribution in [0.3, 0.4) is 0 Å². The maximum atomic E-state index is 9.00. The van der Waals surface area contributed by atoms with Gasteiger partial charge in [0, 0.05) is 42.3 Å². The molecule has 0 aliphatic heterocycles. The van der Waals surface area contributed by atoms with E-state index in [2.05, 4.69) is 31.2 Å². The van der Waals surface area contributed by atoms with Gasteiger partial charge in [-0.15, -0.1) is 0 Å². The summed E-state index contributed by atoms with van der Waals surface area (Å²) in [5.74, 6) is -0.0684. The van der Waals surface area contributed by atoms with Crippen LogP contribution in [0.25, 0.3) is 16.8 Å². The minimum atomic E-state index is -0.833. The Hall–Kier alpha value is -3.60. The normalized spacial score (nSPS) is 10.4. The predicted octanol–water partition coefficient (Wildman–Crippen LogP) is 5.23. The molecular formula is C23H22N2O3. The van der Waals surface area contributed by atoms with Crippen LogP contribution >= 0.6 is 0 Å². The number of para-hydroxylation sites is 1. The molecule has 0 amide bonds. The maximum Gasteiger partial charge on any atom is 0.300 e. The number of carbonyl (C=O) groups is 1. The SMILES string of the molecule is CC(=O)O.Cc1ccccc1CC(=N)c1cn(-c2ccco2)c2ccccc12. The lowest BCUT2D eigenvalue weighted by Gasteiger charge is -2.06. The van der Waals surface area contributed by atoms with Crippen molar-refractivity contribution in [3.63, 3.8) is 0 Å². The van der Waals surface area contributed by atoms with Crippen molar-refractivity contribution in [3.05, 3.63) is 89.8 Å².